The van der Waals surface area contributed by atoms with Gasteiger partial charge in [0.1, 0.15) is 0 Å². The van der Waals surface area contributed by atoms with Crippen molar-refractivity contribution < 1.29 is 9.47 Å². The van der Waals surface area contributed by atoms with Gasteiger partial charge in [-0.25, -0.2) is 0 Å². The van der Waals surface area contributed by atoms with Gasteiger partial charge in [0.25, 0.3) is 0 Å². The zero-order valence-corrected chi connectivity index (χ0v) is 14.0. The van der Waals surface area contributed by atoms with Crippen molar-refractivity contribution in [3.8, 4) is 0 Å². The second-order valence-electron chi connectivity index (χ2n) is 6.51. The fourth-order valence-electron chi connectivity index (χ4n) is 3.16. The van der Waals surface area contributed by atoms with Gasteiger partial charge in [0.15, 0.2) is 0 Å². The summed E-state index contributed by atoms with van der Waals surface area (Å²) in [7, 11) is 0. The quantitative estimate of drug-likeness (QED) is 0.639. The van der Waals surface area contributed by atoms with Gasteiger partial charge in [0.05, 0.1) is 6.10 Å². The smallest absolute Gasteiger partial charge is 0.0544 e. The summed E-state index contributed by atoms with van der Waals surface area (Å²) in [4.78, 5) is 0. The van der Waals surface area contributed by atoms with Crippen molar-refractivity contribution in [2.45, 2.75) is 84.7 Å². The predicted octanol–water partition coefficient (Wildman–Crippen LogP) is 5.20. The summed E-state index contributed by atoms with van der Waals surface area (Å²) in [5.41, 5.74) is 0. The molecule has 2 aliphatic rings. The largest absolute Gasteiger partial charge is 0.381 e. The summed E-state index contributed by atoms with van der Waals surface area (Å²) >= 11 is 0. The molecular formula is C18H36O2. The van der Waals surface area contributed by atoms with Gasteiger partial charge in [-0.3, -0.25) is 0 Å². The topological polar surface area (TPSA) is 18.5 Å². The lowest BCUT2D eigenvalue weighted by Crippen LogP contribution is -2.11. The highest BCUT2D eigenvalue weighted by atomic mass is 16.5. The molecule has 0 radical (unpaired) electrons. The van der Waals surface area contributed by atoms with Crippen LogP contribution in [-0.4, -0.2) is 25.9 Å². The molecule has 0 bridgehead atoms. The summed E-state index contributed by atoms with van der Waals surface area (Å²) in [5, 5.41) is 0. The van der Waals surface area contributed by atoms with Crippen LogP contribution in [0, 0.1) is 11.8 Å². The summed E-state index contributed by atoms with van der Waals surface area (Å²) in [6.45, 7) is 9.18. The molecule has 1 atom stereocenters. The molecule has 0 aromatic heterocycles. The van der Waals surface area contributed by atoms with Crippen molar-refractivity contribution >= 4 is 0 Å². The summed E-state index contributed by atoms with van der Waals surface area (Å²) in [6, 6.07) is 0. The number of hydrogen-bond donors (Lipinski definition) is 0. The molecule has 0 N–H and O–H groups in total. The molecule has 0 spiro atoms. The fraction of sp³-hybridized carbons (Fsp3) is 1.00. The van der Waals surface area contributed by atoms with Gasteiger partial charge in [-0.1, -0.05) is 32.6 Å². The van der Waals surface area contributed by atoms with Crippen LogP contribution >= 0.6 is 0 Å². The third-order valence-corrected chi connectivity index (χ3v) is 4.68. The first-order chi connectivity index (χ1) is 9.76. The maximum absolute atomic E-state index is 5.80. The molecular weight excluding hydrogens is 248 g/mol. The Balaban J connectivity index is 0.000000246. The zero-order chi connectivity index (χ0) is 14.6. The molecule has 2 saturated carbocycles. The van der Waals surface area contributed by atoms with E-state index in [1.54, 1.807) is 0 Å². The van der Waals surface area contributed by atoms with E-state index in [4.69, 9.17) is 9.47 Å². The van der Waals surface area contributed by atoms with Crippen LogP contribution in [0.5, 0.6) is 0 Å². The normalized spacial score (nSPS) is 21.8. The molecule has 2 nitrogen and oxygen atoms in total. The third-order valence-electron chi connectivity index (χ3n) is 4.68. The lowest BCUT2D eigenvalue weighted by atomic mass is 10.1. The molecule has 0 heterocycles. The highest BCUT2D eigenvalue weighted by Crippen LogP contribution is 2.27. The van der Waals surface area contributed by atoms with Gasteiger partial charge in [0.2, 0.25) is 0 Å². The average molecular weight is 284 g/mol. The van der Waals surface area contributed by atoms with Crippen LogP contribution in [0.15, 0.2) is 0 Å². The van der Waals surface area contributed by atoms with E-state index in [1.165, 1.54) is 51.4 Å². The molecule has 0 aromatic carbocycles. The standard InChI is InChI=1S/C12H22O.C6H14O/c1-2-6-11(5-1)9-13-10-12-7-3-4-8-12;1-4-6(3)7-5-2/h11-12H,1-10H2;6H,4-5H2,1-3H3. The van der Waals surface area contributed by atoms with Crippen molar-refractivity contribution in [2.75, 3.05) is 19.8 Å². The Kier molecular flexibility index (Phi) is 10.4. The predicted molar refractivity (Wildman–Crippen MR) is 86.1 cm³/mol. The van der Waals surface area contributed by atoms with E-state index >= 15 is 0 Å². The second-order valence-corrected chi connectivity index (χ2v) is 6.51. The van der Waals surface area contributed by atoms with E-state index in [1.807, 2.05) is 6.92 Å². The van der Waals surface area contributed by atoms with Gasteiger partial charge < -0.3 is 9.47 Å². The van der Waals surface area contributed by atoms with E-state index in [9.17, 15) is 0 Å². The van der Waals surface area contributed by atoms with Gasteiger partial charge in [-0.05, 0) is 57.8 Å². The van der Waals surface area contributed by atoms with Gasteiger partial charge in [-0.2, -0.15) is 0 Å². The zero-order valence-electron chi connectivity index (χ0n) is 14.0. The molecule has 0 amide bonds. The Bertz CT molecular complexity index is 189. The first kappa shape index (κ1) is 18.0. The highest BCUT2D eigenvalue weighted by Gasteiger charge is 2.18. The van der Waals surface area contributed by atoms with Crippen molar-refractivity contribution in [3.63, 3.8) is 0 Å². The van der Waals surface area contributed by atoms with Crippen LogP contribution in [0.2, 0.25) is 0 Å². The Morgan fingerprint density at radius 3 is 1.60 bits per heavy atom. The van der Waals surface area contributed by atoms with Crippen molar-refractivity contribution in [2.24, 2.45) is 11.8 Å². The minimum absolute atomic E-state index is 0.449. The van der Waals surface area contributed by atoms with Crippen molar-refractivity contribution in [1.29, 1.82) is 0 Å². The van der Waals surface area contributed by atoms with Crippen LogP contribution in [0.4, 0.5) is 0 Å². The van der Waals surface area contributed by atoms with E-state index in [0.29, 0.717) is 6.10 Å². The lowest BCUT2D eigenvalue weighted by Gasteiger charge is -2.13. The monoisotopic (exact) mass is 284 g/mol. The van der Waals surface area contributed by atoms with E-state index < -0.39 is 0 Å². The Hall–Kier alpha value is -0.0800. The minimum atomic E-state index is 0.449. The van der Waals surface area contributed by atoms with E-state index in [0.717, 1.165) is 38.1 Å². The van der Waals surface area contributed by atoms with Crippen LogP contribution in [0.25, 0.3) is 0 Å². The number of hydrogen-bond acceptors (Lipinski definition) is 2. The molecule has 0 aliphatic heterocycles. The van der Waals surface area contributed by atoms with E-state index in [2.05, 4.69) is 13.8 Å². The first-order valence-electron chi connectivity index (χ1n) is 8.95. The van der Waals surface area contributed by atoms with Gasteiger partial charge in [0, 0.05) is 19.8 Å². The highest BCUT2D eigenvalue weighted by molar-refractivity contribution is 4.69. The Morgan fingerprint density at radius 2 is 1.30 bits per heavy atom. The summed E-state index contributed by atoms with van der Waals surface area (Å²) < 4.78 is 11.0. The molecule has 120 valence electrons. The fourth-order valence-corrected chi connectivity index (χ4v) is 3.16. The number of rotatable bonds is 7. The van der Waals surface area contributed by atoms with Crippen LogP contribution in [0.1, 0.15) is 78.6 Å². The summed E-state index contributed by atoms with van der Waals surface area (Å²) in [6.07, 6.45) is 13.0. The molecule has 20 heavy (non-hydrogen) atoms. The van der Waals surface area contributed by atoms with Crippen LogP contribution < -0.4 is 0 Å². The molecule has 2 heteroatoms. The molecule has 0 saturated heterocycles. The molecule has 0 aromatic rings. The lowest BCUT2D eigenvalue weighted by molar-refractivity contribution is 0.0739. The minimum Gasteiger partial charge on any atom is -0.381 e. The average Bonchev–Trinajstić information content (AvgIpc) is 3.13. The maximum atomic E-state index is 5.80. The third kappa shape index (κ3) is 8.26. The first-order valence-corrected chi connectivity index (χ1v) is 8.95. The van der Waals surface area contributed by atoms with Crippen LogP contribution in [-0.2, 0) is 9.47 Å². The number of ether oxygens (including phenoxy) is 2. The molecule has 1 unspecified atom stereocenters. The Labute approximate surface area is 126 Å². The Morgan fingerprint density at radius 1 is 0.850 bits per heavy atom. The molecule has 2 aliphatic carbocycles. The SMILES string of the molecule is C1CCC(COCC2CCCC2)C1.CCOC(C)CC. The van der Waals surface area contributed by atoms with Gasteiger partial charge in [-0.15, -0.1) is 0 Å². The molecule has 2 fully saturated rings. The maximum Gasteiger partial charge on any atom is 0.0544 e. The van der Waals surface area contributed by atoms with Gasteiger partial charge >= 0.3 is 0 Å². The van der Waals surface area contributed by atoms with Crippen molar-refractivity contribution in [1.82, 2.24) is 0 Å². The van der Waals surface area contributed by atoms with Crippen LogP contribution in [0.3, 0.4) is 0 Å². The second kappa shape index (κ2) is 11.6. The summed E-state index contributed by atoms with van der Waals surface area (Å²) in [5.74, 6) is 1.81. The molecule has 2 rings (SSSR count). The van der Waals surface area contributed by atoms with E-state index in [-0.39, 0.29) is 0 Å². The van der Waals surface area contributed by atoms with Crippen molar-refractivity contribution in [3.05, 3.63) is 0 Å².